The van der Waals surface area contributed by atoms with Gasteiger partial charge in [0.25, 0.3) is 5.91 Å². The molecule has 2 N–H and O–H groups in total. The largest absolute Gasteiger partial charge is 0.493 e. The number of nitrogens with zero attached hydrogens (tertiary/aromatic N) is 4. The van der Waals surface area contributed by atoms with E-state index in [9.17, 15) is 10.1 Å². The van der Waals surface area contributed by atoms with Crippen LogP contribution in [0.2, 0.25) is 5.02 Å². The highest BCUT2D eigenvalue weighted by Crippen LogP contribution is 2.67. The molecule has 0 radical (unpaired) electrons. The summed E-state index contributed by atoms with van der Waals surface area (Å²) in [7, 11) is 1.48. The van der Waals surface area contributed by atoms with Gasteiger partial charge in [0.15, 0.2) is 11.5 Å². The number of fused-ring (bicyclic) bond motifs is 1. The Kier molecular flexibility index (Phi) is 4.70. The van der Waals surface area contributed by atoms with Gasteiger partial charge in [-0.05, 0) is 50.0 Å². The zero-order valence-electron chi connectivity index (χ0n) is 17.9. The molecule has 3 aliphatic carbocycles. The lowest BCUT2D eigenvalue weighted by atomic mass is 9.40. The third-order valence-electron chi connectivity index (χ3n) is 6.35. The Hall–Kier alpha value is -3.82. The van der Waals surface area contributed by atoms with Crippen LogP contribution in [0.4, 0.5) is 5.95 Å². The predicted molar refractivity (Wildman–Crippen MR) is 119 cm³/mol. The molecule has 0 spiro atoms. The molecule has 1 aromatic heterocycles. The van der Waals surface area contributed by atoms with Crippen molar-refractivity contribution in [3.05, 3.63) is 40.1 Å². The van der Waals surface area contributed by atoms with Crippen molar-refractivity contribution in [1.29, 1.82) is 10.5 Å². The number of benzene rings is 1. The van der Waals surface area contributed by atoms with Crippen molar-refractivity contribution in [3.63, 3.8) is 0 Å². The van der Waals surface area contributed by atoms with Crippen LogP contribution in [-0.2, 0) is 0 Å². The van der Waals surface area contributed by atoms with Gasteiger partial charge in [-0.2, -0.15) is 15.5 Å². The first kappa shape index (κ1) is 21.0. The number of hydrogen-bond acceptors (Lipinski definition) is 8. The molecule has 1 aromatic carbocycles. The topological polar surface area (TPSA) is 133 Å². The zero-order chi connectivity index (χ0) is 23.4. The fourth-order valence-corrected chi connectivity index (χ4v) is 5.18. The van der Waals surface area contributed by atoms with Crippen molar-refractivity contribution in [2.75, 3.05) is 12.4 Å². The number of carbonyl (C=O) groups excluding carboxylic acids is 1. The molecule has 2 bridgehead atoms. The number of methoxy groups -OCH3 is 1. The molecule has 2 aromatic rings. The van der Waals surface area contributed by atoms with E-state index in [1.165, 1.54) is 13.2 Å². The number of ether oxygens (including phenoxy) is 2. The smallest absolute Gasteiger partial charge is 0.271 e. The standard InChI is InChI=1S/C23H19ClN6O3/c1-12-16-17(19(31)27-12)28-21(30-23-8-22(9-23,10-23)11-26)29-20(16)33-18-14(24)6-13(4-3-5-25)7-15(18)32-2/h3-4,6-7,12H,8-10H2,1-2H3,(H,27,31)(H,28,29,30)/b4-3+/t12-,22?,23?/m0/s1. The lowest BCUT2D eigenvalue weighted by molar-refractivity contribution is -0.0665. The van der Waals surface area contributed by atoms with E-state index in [4.69, 9.17) is 26.3 Å². The maximum absolute atomic E-state index is 12.5. The van der Waals surface area contributed by atoms with Crippen LogP contribution in [-0.4, -0.2) is 28.5 Å². The van der Waals surface area contributed by atoms with E-state index in [-0.39, 0.29) is 51.2 Å². The maximum Gasteiger partial charge on any atom is 0.271 e. The normalized spacial score (nSPS) is 26.3. The zero-order valence-corrected chi connectivity index (χ0v) is 18.7. The van der Waals surface area contributed by atoms with Crippen molar-refractivity contribution < 1.29 is 14.3 Å². The number of allylic oxidation sites excluding steroid dienone is 1. The molecule has 10 heteroatoms. The van der Waals surface area contributed by atoms with Gasteiger partial charge in [0, 0.05) is 11.6 Å². The molecule has 1 atom stereocenters. The quantitative estimate of drug-likeness (QED) is 0.612. The van der Waals surface area contributed by atoms with Crippen LogP contribution >= 0.6 is 11.6 Å². The summed E-state index contributed by atoms with van der Waals surface area (Å²) in [5, 5.41) is 24.5. The number of carbonyl (C=O) groups is 1. The summed E-state index contributed by atoms with van der Waals surface area (Å²) in [4.78, 5) is 21.5. The average Bonchev–Trinajstić information content (AvgIpc) is 3.03. The van der Waals surface area contributed by atoms with Gasteiger partial charge >= 0.3 is 0 Å². The number of halogens is 1. The number of amides is 1. The number of nitrogens with one attached hydrogen (secondary N) is 2. The minimum Gasteiger partial charge on any atom is -0.493 e. The molecule has 6 rings (SSSR count). The van der Waals surface area contributed by atoms with E-state index in [1.54, 1.807) is 18.2 Å². The fourth-order valence-electron chi connectivity index (χ4n) is 4.92. The third kappa shape index (κ3) is 3.33. The highest BCUT2D eigenvalue weighted by molar-refractivity contribution is 6.32. The van der Waals surface area contributed by atoms with E-state index >= 15 is 0 Å². The number of nitriles is 2. The van der Waals surface area contributed by atoms with Gasteiger partial charge in [0.05, 0.1) is 41.3 Å². The monoisotopic (exact) mass is 462 g/mol. The molecule has 33 heavy (non-hydrogen) atoms. The summed E-state index contributed by atoms with van der Waals surface area (Å²) in [6.45, 7) is 1.82. The second kappa shape index (κ2) is 7.36. The molecule has 1 aliphatic heterocycles. The Labute approximate surface area is 195 Å². The Bertz CT molecular complexity index is 1290. The van der Waals surface area contributed by atoms with Gasteiger partial charge in [0.1, 0.15) is 5.69 Å². The van der Waals surface area contributed by atoms with E-state index < -0.39 is 0 Å². The number of hydrogen-bond donors (Lipinski definition) is 2. The summed E-state index contributed by atoms with van der Waals surface area (Å²) in [6.07, 6.45) is 5.12. The molecule has 2 heterocycles. The lowest BCUT2D eigenvalue weighted by Gasteiger charge is -2.66. The summed E-state index contributed by atoms with van der Waals surface area (Å²) in [5.41, 5.74) is 0.980. The van der Waals surface area contributed by atoms with Crippen LogP contribution in [0.3, 0.4) is 0 Å². The molecule has 1 amide bonds. The lowest BCUT2D eigenvalue weighted by Crippen LogP contribution is -2.70. The Morgan fingerprint density at radius 1 is 1.30 bits per heavy atom. The first-order valence-electron chi connectivity index (χ1n) is 10.3. The van der Waals surface area contributed by atoms with E-state index in [2.05, 4.69) is 26.7 Å². The summed E-state index contributed by atoms with van der Waals surface area (Å²) >= 11 is 6.48. The highest BCUT2D eigenvalue weighted by atomic mass is 35.5. The summed E-state index contributed by atoms with van der Waals surface area (Å²) in [5.74, 6) is 0.732. The van der Waals surface area contributed by atoms with Gasteiger partial charge in [-0.1, -0.05) is 11.6 Å². The summed E-state index contributed by atoms with van der Waals surface area (Å²) in [6, 6.07) is 7.28. The van der Waals surface area contributed by atoms with Crippen molar-refractivity contribution in [2.24, 2.45) is 5.41 Å². The predicted octanol–water partition coefficient (Wildman–Crippen LogP) is 4.13. The number of anilines is 1. The van der Waals surface area contributed by atoms with E-state index in [1.807, 2.05) is 13.0 Å². The van der Waals surface area contributed by atoms with E-state index in [0.717, 1.165) is 19.3 Å². The minimum atomic E-state index is -0.351. The average molecular weight is 463 g/mol. The first-order chi connectivity index (χ1) is 15.8. The van der Waals surface area contributed by atoms with Crippen LogP contribution in [0.5, 0.6) is 17.4 Å². The minimum absolute atomic E-state index is 0.190. The van der Waals surface area contributed by atoms with Crippen LogP contribution in [0.1, 0.15) is 53.8 Å². The van der Waals surface area contributed by atoms with Crippen LogP contribution < -0.4 is 20.1 Å². The van der Waals surface area contributed by atoms with Gasteiger partial charge in [-0.25, -0.2) is 4.98 Å². The van der Waals surface area contributed by atoms with E-state index in [0.29, 0.717) is 16.9 Å². The molecule has 9 nitrogen and oxygen atoms in total. The van der Waals surface area contributed by atoms with Gasteiger partial charge in [-0.3, -0.25) is 4.79 Å². The molecule has 0 unspecified atom stereocenters. The highest BCUT2D eigenvalue weighted by Gasteiger charge is 2.69. The number of rotatable bonds is 6. The van der Waals surface area contributed by atoms with Crippen molar-refractivity contribution >= 4 is 29.5 Å². The van der Waals surface area contributed by atoms with Crippen LogP contribution in [0, 0.1) is 28.1 Å². The molecule has 4 aliphatic rings. The Morgan fingerprint density at radius 2 is 2.06 bits per heavy atom. The van der Waals surface area contributed by atoms with Gasteiger partial charge < -0.3 is 20.1 Å². The second-order valence-electron chi connectivity index (χ2n) is 8.74. The molecule has 3 saturated carbocycles. The van der Waals surface area contributed by atoms with Crippen LogP contribution in [0.25, 0.3) is 6.08 Å². The SMILES string of the molecule is COc1cc(/C=C/C#N)cc(Cl)c1Oc1nc(NC23CC(C#N)(C2)C3)nc2c1[C@H](C)NC2=O. The molecule has 0 saturated heterocycles. The molecular formula is C23H19ClN6O3. The molecule has 3 fully saturated rings. The molecular weight excluding hydrogens is 444 g/mol. The fraction of sp³-hybridized carbons (Fsp3) is 0.348. The number of aromatic nitrogens is 2. The Morgan fingerprint density at radius 3 is 2.73 bits per heavy atom. The van der Waals surface area contributed by atoms with Crippen LogP contribution in [0.15, 0.2) is 18.2 Å². The Balaban J connectivity index is 1.52. The first-order valence-corrected chi connectivity index (χ1v) is 10.7. The third-order valence-corrected chi connectivity index (χ3v) is 6.63. The van der Waals surface area contributed by atoms with Crippen molar-refractivity contribution in [2.45, 2.75) is 37.8 Å². The second-order valence-corrected chi connectivity index (χ2v) is 9.14. The van der Waals surface area contributed by atoms with Gasteiger partial charge in [0.2, 0.25) is 11.8 Å². The molecule has 166 valence electrons. The van der Waals surface area contributed by atoms with Crippen molar-refractivity contribution in [3.8, 4) is 29.5 Å². The maximum atomic E-state index is 12.5. The summed E-state index contributed by atoms with van der Waals surface area (Å²) < 4.78 is 11.6. The van der Waals surface area contributed by atoms with Crippen molar-refractivity contribution in [1.82, 2.24) is 15.3 Å². The van der Waals surface area contributed by atoms with Gasteiger partial charge in [-0.15, -0.1) is 0 Å².